The molecule has 0 atom stereocenters. The average Bonchev–Trinajstić information content (AvgIpc) is 3.23. The first-order valence-corrected chi connectivity index (χ1v) is 9.47. The molecule has 0 bridgehead atoms. The van der Waals surface area contributed by atoms with Gasteiger partial charge >= 0.3 is 0 Å². The van der Waals surface area contributed by atoms with Crippen LogP contribution in [-0.2, 0) is 0 Å². The van der Waals surface area contributed by atoms with E-state index in [9.17, 15) is 5.11 Å². The highest BCUT2D eigenvalue weighted by atomic mass is 79.9. The van der Waals surface area contributed by atoms with Crippen LogP contribution in [0.25, 0.3) is 33.9 Å². The third-order valence-corrected chi connectivity index (χ3v) is 5.39. The monoisotopic (exact) mass is 434 g/mol. The van der Waals surface area contributed by atoms with Gasteiger partial charge in [-0.05, 0) is 59.6 Å². The SMILES string of the molecule is Cc1c(C)n(-c2ccc(Br)cn2)c2ncn3nc(-c4ccccc4O)nc3c12. The predicted octanol–water partition coefficient (Wildman–Crippen LogP) is 4.22. The second-order valence-corrected chi connectivity index (χ2v) is 7.46. The van der Waals surface area contributed by atoms with Crippen LogP contribution in [0.2, 0.25) is 0 Å². The van der Waals surface area contributed by atoms with Crippen LogP contribution < -0.4 is 0 Å². The maximum absolute atomic E-state index is 10.2. The van der Waals surface area contributed by atoms with Crippen LogP contribution in [0.1, 0.15) is 11.3 Å². The Bertz CT molecular complexity index is 1350. The van der Waals surface area contributed by atoms with E-state index in [0.29, 0.717) is 17.0 Å². The molecule has 0 amide bonds. The van der Waals surface area contributed by atoms with Crippen LogP contribution in [0.5, 0.6) is 5.75 Å². The number of hydrogen-bond donors (Lipinski definition) is 1. The molecule has 0 aliphatic rings. The van der Waals surface area contributed by atoms with E-state index in [4.69, 9.17) is 4.98 Å². The van der Waals surface area contributed by atoms with Gasteiger partial charge in [-0.25, -0.2) is 19.5 Å². The number of aryl methyl sites for hydroxylation is 1. The van der Waals surface area contributed by atoms with E-state index in [0.717, 1.165) is 32.6 Å². The summed E-state index contributed by atoms with van der Waals surface area (Å²) in [7, 11) is 0. The highest BCUT2D eigenvalue weighted by molar-refractivity contribution is 9.10. The Balaban J connectivity index is 1.80. The molecule has 0 fully saturated rings. The van der Waals surface area contributed by atoms with Crippen molar-refractivity contribution in [1.29, 1.82) is 0 Å². The van der Waals surface area contributed by atoms with Gasteiger partial charge in [0.25, 0.3) is 0 Å². The first kappa shape index (κ1) is 16.9. The Morgan fingerprint density at radius 2 is 1.82 bits per heavy atom. The lowest BCUT2D eigenvalue weighted by atomic mass is 10.2. The fourth-order valence-corrected chi connectivity index (χ4v) is 3.65. The number of pyridine rings is 1. The Labute approximate surface area is 168 Å². The number of nitrogens with zero attached hydrogens (tertiary/aromatic N) is 6. The molecular weight excluding hydrogens is 420 g/mol. The summed E-state index contributed by atoms with van der Waals surface area (Å²) >= 11 is 3.43. The molecule has 0 aliphatic carbocycles. The number of halogens is 1. The fraction of sp³-hybridized carbons (Fsp3) is 0.100. The number of aromatic nitrogens is 6. The summed E-state index contributed by atoms with van der Waals surface area (Å²) in [6, 6.07) is 10.9. The van der Waals surface area contributed by atoms with Gasteiger partial charge in [0.15, 0.2) is 17.1 Å². The van der Waals surface area contributed by atoms with Gasteiger partial charge < -0.3 is 5.11 Å². The third kappa shape index (κ3) is 2.41. The number of fused-ring (bicyclic) bond motifs is 3. The molecule has 0 spiro atoms. The molecule has 0 aliphatic heterocycles. The van der Waals surface area contributed by atoms with E-state index < -0.39 is 0 Å². The van der Waals surface area contributed by atoms with Crippen LogP contribution in [-0.4, -0.2) is 34.2 Å². The molecule has 0 radical (unpaired) electrons. The van der Waals surface area contributed by atoms with E-state index >= 15 is 0 Å². The lowest BCUT2D eigenvalue weighted by Gasteiger charge is -2.06. The van der Waals surface area contributed by atoms with Crippen LogP contribution in [0.3, 0.4) is 0 Å². The van der Waals surface area contributed by atoms with Crippen molar-refractivity contribution in [1.82, 2.24) is 29.1 Å². The average molecular weight is 435 g/mol. The topological polar surface area (TPSA) is 81.1 Å². The number of rotatable bonds is 2. The van der Waals surface area contributed by atoms with Crippen molar-refractivity contribution in [3.05, 3.63) is 64.7 Å². The normalized spacial score (nSPS) is 11.5. The molecule has 1 N–H and O–H groups in total. The molecule has 5 aromatic rings. The summed E-state index contributed by atoms with van der Waals surface area (Å²) < 4.78 is 4.59. The number of aromatic hydroxyl groups is 1. The molecule has 8 heteroatoms. The molecule has 1 aromatic carbocycles. The highest BCUT2D eigenvalue weighted by Gasteiger charge is 2.20. The Hall–Kier alpha value is -3.26. The number of para-hydroxylation sites is 1. The Morgan fingerprint density at radius 1 is 1.00 bits per heavy atom. The molecule has 7 nitrogen and oxygen atoms in total. The zero-order chi connectivity index (χ0) is 19.4. The van der Waals surface area contributed by atoms with E-state index in [1.165, 1.54) is 0 Å². The molecule has 0 saturated carbocycles. The molecule has 0 saturated heterocycles. The highest BCUT2D eigenvalue weighted by Crippen LogP contribution is 2.32. The lowest BCUT2D eigenvalue weighted by Crippen LogP contribution is -2.01. The van der Waals surface area contributed by atoms with Crippen LogP contribution in [0.15, 0.2) is 53.4 Å². The minimum Gasteiger partial charge on any atom is -0.507 e. The minimum atomic E-state index is 0.146. The summed E-state index contributed by atoms with van der Waals surface area (Å²) in [6.07, 6.45) is 3.41. The summed E-state index contributed by atoms with van der Waals surface area (Å²) in [4.78, 5) is 13.9. The lowest BCUT2D eigenvalue weighted by molar-refractivity contribution is 0.477. The predicted molar refractivity (Wildman–Crippen MR) is 110 cm³/mol. The first-order chi connectivity index (χ1) is 13.5. The molecule has 28 heavy (non-hydrogen) atoms. The number of phenols is 1. The van der Waals surface area contributed by atoms with Crippen molar-refractivity contribution in [2.24, 2.45) is 0 Å². The smallest absolute Gasteiger partial charge is 0.185 e. The Kier molecular flexibility index (Phi) is 3.70. The van der Waals surface area contributed by atoms with Crippen molar-refractivity contribution in [3.63, 3.8) is 0 Å². The van der Waals surface area contributed by atoms with E-state index in [1.807, 2.05) is 36.6 Å². The van der Waals surface area contributed by atoms with Gasteiger partial charge in [0.2, 0.25) is 0 Å². The fourth-order valence-electron chi connectivity index (χ4n) is 3.42. The van der Waals surface area contributed by atoms with Crippen molar-refractivity contribution < 1.29 is 5.11 Å². The van der Waals surface area contributed by atoms with Gasteiger partial charge in [-0.3, -0.25) is 4.57 Å². The van der Waals surface area contributed by atoms with E-state index in [2.05, 4.69) is 31.0 Å². The summed E-state index contributed by atoms with van der Waals surface area (Å²) in [6.45, 7) is 4.08. The van der Waals surface area contributed by atoms with Crippen LogP contribution in [0, 0.1) is 13.8 Å². The van der Waals surface area contributed by atoms with Gasteiger partial charge in [-0.2, -0.15) is 0 Å². The van der Waals surface area contributed by atoms with Crippen molar-refractivity contribution in [3.8, 4) is 23.0 Å². The standard InChI is InChI=1S/C20H15BrN6O/c1-11-12(2)27(16-8-7-13(21)9-22-16)19-17(11)20-24-18(25-26(20)10-23-19)14-5-3-4-6-15(14)28/h3-10,28H,1-2H3. The van der Waals surface area contributed by atoms with Crippen LogP contribution >= 0.6 is 15.9 Å². The quantitative estimate of drug-likeness (QED) is 0.449. The van der Waals surface area contributed by atoms with Crippen molar-refractivity contribution in [2.75, 3.05) is 0 Å². The van der Waals surface area contributed by atoms with Crippen LogP contribution in [0.4, 0.5) is 0 Å². The van der Waals surface area contributed by atoms with Gasteiger partial charge in [0.05, 0.1) is 10.9 Å². The Morgan fingerprint density at radius 3 is 2.57 bits per heavy atom. The number of benzene rings is 1. The van der Waals surface area contributed by atoms with Gasteiger partial charge in [-0.15, -0.1) is 5.10 Å². The molecule has 5 rings (SSSR count). The largest absolute Gasteiger partial charge is 0.507 e. The molecule has 4 heterocycles. The maximum atomic E-state index is 10.2. The van der Waals surface area contributed by atoms with E-state index in [-0.39, 0.29) is 5.75 Å². The zero-order valence-electron chi connectivity index (χ0n) is 15.1. The summed E-state index contributed by atoms with van der Waals surface area (Å²) in [5.41, 5.74) is 4.16. The molecular formula is C20H15BrN6O. The van der Waals surface area contributed by atoms with Gasteiger partial charge in [0.1, 0.15) is 17.9 Å². The van der Waals surface area contributed by atoms with Gasteiger partial charge in [0, 0.05) is 16.4 Å². The van der Waals surface area contributed by atoms with Crippen molar-refractivity contribution >= 4 is 32.6 Å². The number of phenolic OH excluding ortho intramolecular Hbond substituents is 1. The molecule has 138 valence electrons. The summed E-state index contributed by atoms with van der Waals surface area (Å²) in [5.74, 6) is 1.39. The van der Waals surface area contributed by atoms with Crippen molar-refractivity contribution in [2.45, 2.75) is 13.8 Å². The van der Waals surface area contributed by atoms with E-state index in [1.54, 1.807) is 35.2 Å². The van der Waals surface area contributed by atoms with Gasteiger partial charge in [-0.1, -0.05) is 12.1 Å². The second-order valence-electron chi connectivity index (χ2n) is 6.54. The minimum absolute atomic E-state index is 0.146. The second kappa shape index (κ2) is 6.13. The molecule has 4 aromatic heterocycles. The maximum Gasteiger partial charge on any atom is 0.185 e. The molecule has 0 unspecified atom stereocenters. The zero-order valence-corrected chi connectivity index (χ0v) is 16.7. The third-order valence-electron chi connectivity index (χ3n) is 4.92. The number of hydrogen-bond acceptors (Lipinski definition) is 5. The first-order valence-electron chi connectivity index (χ1n) is 8.68. The summed E-state index contributed by atoms with van der Waals surface area (Å²) in [5, 5.41) is 15.6.